The van der Waals surface area contributed by atoms with E-state index in [0.29, 0.717) is 0 Å². The molecule has 1 nitrogen and oxygen atoms in total. The maximum Gasteiger partial charge on any atom is 0.170 e. The van der Waals surface area contributed by atoms with Crippen molar-refractivity contribution >= 4 is 59.1 Å². The molecule has 3 heteroatoms. The molecule has 2 radical (unpaired) electrons. The summed E-state index contributed by atoms with van der Waals surface area (Å²) >= 11 is 0. The van der Waals surface area contributed by atoms with Crippen LogP contribution in [0.3, 0.4) is 0 Å². The Balaban J connectivity index is 0.00000200. The molecule has 0 amide bonds. The van der Waals surface area contributed by atoms with Crippen molar-refractivity contribution in [1.29, 1.82) is 0 Å². The maximum atomic E-state index is 5.28. The van der Waals surface area contributed by atoms with E-state index in [0.717, 1.165) is 11.5 Å². The number of unbranched alkanes of at least 4 members (excludes halogenated alkanes) is 9. The van der Waals surface area contributed by atoms with Gasteiger partial charge >= 0.3 is 0 Å². The second-order valence-electron chi connectivity index (χ2n) is 5.82. The van der Waals surface area contributed by atoms with Gasteiger partial charge in [-0.15, -0.1) is 0 Å². The van der Waals surface area contributed by atoms with Crippen molar-refractivity contribution < 1.29 is 4.74 Å². The molecule has 0 aliphatic carbocycles. The van der Waals surface area contributed by atoms with Crippen LogP contribution in [0.25, 0.3) is 0 Å². The van der Waals surface area contributed by atoms with Crippen LogP contribution in [0.1, 0.15) is 76.7 Å². The van der Waals surface area contributed by atoms with Crippen LogP contribution >= 0.6 is 0 Å². The second-order valence-corrected chi connectivity index (χ2v) is 5.82. The van der Waals surface area contributed by atoms with Gasteiger partial charge in [0.15, 0.2) is 11.5 Å². The molecule has 0 saturated heterocycles. The quantitative estimate of drug-likeness (QED) is 0.303. The fourth-order valence-corrected chi connectivity index (χ4v) is 2.68. The van der Waals surface area contributed by atoms with Gasteiger partial charge in [0.25, 0.3) is 0 Å². The molecule has 0 unspecified atom stereocenters. The van der Waals surface area contributed by atoms with E-state index in [1.165, 1.54) is 76.2 Å². The Labute approximate surface area is 175 Å². The van der Waals surface area contributed by atoms with Gasteiger partial charge in [-0.3, -0.25) is 0 Å². The largest absolute Gasteiger partial charge is 0.450 e. The van der Waals surface area contributed by atoms with E-state index in [2.05, 4.69) is 25.1 Å². The molecule has 1 aliphatic rings. The molecule has 2 rings (SSSR count). The summed E-state index contributed by atoms with van der Waals surface area (Å²) < 4.78 is 5.28. The molecule has 0 atom stereocenters. The van der Waals surface area contributed by atoms with Crippen LogP contribution in [0, 0.1) is 0 Å². The summed E-state index contributed by atoms with van der Waals surface area (Å²) in [5.41, 5.74) is 1.44. The summed E-state index contributed by atoms with van der Waals surface area (Å²) in [4.78, 5) is 0. The Bertz CT molecular complexity index is 379. The zero-order valence-electron chi connectivity index (χ0n) is 14.4. The molecule has 0 N–H and O–H groups in total. The molecular formula is C18H28Na2O. The van der Waals surface area contributed by atoms with Gasteiger partial charge in [-0.1, -0.05) is 70.8 Å². The smallest absolute Gasteiger partial charge is 0.170 e. The summed E-state index contributed by atoms with van der Waals surface area (Å²) in [6, 6.07) is 6.50. The predicted molar refractivity (Wildman–Crippen MR) is 93.6 cm³/mol. The van der Waals surface area contributed by atoms with Crippen molar-refractivity contribution in [2.24, 2.45) is 0 Å². The van der Waals surface area contributed by atoms with Crippen molar-refractivity contribution in [2.75, 3.05) is 0 Å². The van der Waals surface area contributed by atoms with Crippen LogP contribution in [0.4, 0.5) is 0 Å². The Morgan fingerprint density at radius 2 is 1.29 bits per heavy atom. The zero-order valence-corrected chi connectivity index (χ0v) is 18.4. The van der Waals surface area contributed by atoms with E-state index in [-0.39, 0.29) is 59.1 Å². The van der Waals surface area contributed by atoms with Crippen LogP contribution in [0.5, 0.6) is 11.5 Å². The first kappa shape index (κ1) is 22.0. The van der Waals surface area contributed by atoms with Gasteiger partial charge in [-0.25, -0.2) is 0 Å². The Kier molecular flexibility index (Phi) is 14.1. The topological polar surface area (TPSA) is 12.5 Å². The van der Waals surface area contributed by atoms with E-state index in [4.69, 9.17) is 4.74 Å². The molecule has 0 bridgehead atoms. The third-order valence-corrected chi connectivity index (χ3v) is 4.01. The van der Waals surface area contributed by atoms with Gasteiger partial charge in [0.2, 0.25) is 0 Å². The standard InChI is InChI=1S/C18H28O.2Na/c1-2-3-4-5-6-7-8-9-10-11-12-16-13-14-17-18(15-16)19-17;;/h13-15H,2-12H2,1H3;;. The van der Waals surface area contributed by atoms with Crippen molar-refractivity contribution in [3.8, 4) is 11.5 Å². The van der Waals surface area contributed by atoms with Crippen LogP contribution in [0.2, 0.25) is 0 Å². The third kappa shape index (κ3) is 9.69. The van der Waals surface area contributed by atoms with E-state index in [9.17, 15) is 0 Å². The summed E-state index contributed by atoms with van der Waals surface area (Å²) in [5.74, 6) is 2.18. The van der Waals surface area contributed by atoms with Gasteiger partial charge in [0, 0.05) is 59.1 Å². The Morgan fingerprint density at radius 3 is 1.86 bits per heavy atom. The molecular weight excluding hydrogens is 278 g/mol. The van der Waals surface area contributed by atoms with Gasteiger partial charge < -0.3 is 4.74 Å². The first-order valence-corrected chi connectivity index (χ1v) is 8.21. The number of fused-ring (bicyclic) bond motifs is 1. The van der Waals surface area contributed by atoms with Crippen molar-refractivity contribution in [3.05, 3.63) is 23.8 Å². The van der Waals surface area contributed by atoms with E-state index >= 15 is 0 Å². The van der Waals surface area contributed by atoms with Crippen LogP contribution in [0.15, 0.2) is 18.2 Å². The molecule has 0 fully saturated rings. The predicted octanol–water partition coefficient (Wildman–Crippen LogP) is 5.49. The minimum Gasteiger partial charge on any atom is -0.450 e. The minimum absolute atomic E-state index is 0. The van der Waals surface area contributed by atoms with Crippen LogP contribution in [-0.4, -0.2) is 59.1 Å². The second kappa shape index (κ2) is 13.5. The maximum absolute atomic E-state index is 5.28. The average molecular weight is 306 g/mol. The molecule has 1 heterocycles. The van der Waals surface area contributed by atoms with Gasteiger partial charge in [-0.05, 0) is 30.5 Å². The molecule has 0 saturated carbocycles. The third-order valence-electron chi connectivity index (χ3n) is 4.01. The molecule has 1 aromatic rings. The number of aryl methyl sites for hydroxylation is 1. The van der Waals surface area contributed by atoms with E-state index in [1.807, 2.05) is 0 Å². The fraction of sp³-hybridized carbons (Fsp3) is 0.667. The number of rotatable bonds is 11. The van der Waals surface area contributed by atoms with Gasteiger partial charge in [-0.2, -0.15) is 0 Å². The molecule has 108 valence electrons. The summed E-state index contributed by atoms with van der Waals surface area (Å²) in [6.07, 6.45) is 15.3. The molecule has 1 aliphatic heterocycles. The number of ether oxygens (including phenoxy) is 1. The SMILES string of the molecule is CCCCCCCCCCCCc1ccc2c(c1)O2.[Na].[Na]. The number of benzene rings is 1. The van der Waals surface area contributed by atoms with E-state index in [1.54, 1.807) is 0 Å². The number of hydrogen-bond donors (Lipinski definition) is 0. The van der Waals surface area contributed by atoms with E-state index < -0.39 is 0 Å². The molecule has 0 aromatic heterocycles. The van der Waals surface area contributed by atoms with Crippen LogP contribution < -0.4 is 4.74 Å². The Hall–Kier alpha value is 1.02. The van der Waals surface area contributed by atoms with Crippen LogP contribution in [-0.2, 0) is 6.42 Å². The Morgan fingerprint density at radius 1 is 0.714 bits per heavy atom. The summed E-state index contributed by atoms with van der Waals surface area (Å²) in [5, 5.41) is 0. The first-order chi connectivity index (χ1) is 9.40. The summed E-state index contributed by atoms with van der Waals surface area (Å²) in [6.45, 7) is 2.28. The first-order valence-electron chi connectivity index (χ1n) is 8.21. The average Bonchev–Trinajstić information content (AvgIpc) is 3.19. The molecule has 1 aromatic carbocycles. The minimum atomic E-state index is 0. The van der Waals surface area contributed by atoms with Crippen molar-refractivity contribution in [1.82, 2.24) is 0 Å². The molecule has 21 heavy (non-hydrogen) atoms. The molecule has 0 spiro atoms. The monoisotopic (exact) mass is 306 g/mol. The normalized spacial score (nSPS) is 10.9. The van der Waals surface area contributed by atoms with Crippen molar-refractivity contribution in [3.63, 3.8) is 0 Å². The summed E-state index contributed by atoms with van der Waals surface area (Å²) in [7, 11) is 0. The van der Waals surface area contributed by atoms with Gasteiger partial charge in [0.1, 0.15) is 0 Å². The number of hydrogen-bond acceptors (Lipinski definition) is 1. The van der Waals surface area contributed by atoms with Gasteiger partial charge in [0.05, 0.1) is 0 Å². The zero-order chi connectivity index (χ0) is 13.3. The van der Waals surface area contributed by atoms with Crippen molar-refractivity contribution in [2.45, 2.75) is 77.6 Å². The fourth-order valence-electron chi connectivity index (χ4n) is 2.68.